The lowest BCUT2D eigenvalue weighted by molar-refractivity contribution is 0.279. The summed E-state index contributed by atoms with van der Waals surface area (Å²) in [5.74, 6) is 0.289. The van der Waals surface area contributed by atoms with Crippen LogP contribution < -0.4 is 5.73 Å². The lowest BCUT2D eigenvalue weighted by Crippen LogP contribution is -2.42. The van der Waals surface area contributed by atoms with Crippen LogP contribution in [0.2, 0.25) is 0 Å². The lowest BCUT2D eigenvalue weighted by atomic mass is 10.2. The molecule has 0 bridgehead atoms. The Bertz CT molecular complexity index is 136. The van der Waals surface area contributed by atoms with E-state index in [1.807, 2.05) is 25.8 Å². The molecule has 0 aromatic carbocycles. The first-order valence-electron chi connectivity index (χ1n) is 3.85. The van der Waals surface area contributed by atoms with Crippen LogP contribution in [0, 0.1) is 0 Å². The van der Waals surface area contributed by atoms with Crippen LogP contribution in [0.1, 0.15) is 20.3 Å². The van der Waals surface area contributed by atoms with Gasteiger partial charge in [0, 0.05) is 0 Å². The van der Waals surface area contributed by atoms with Gasteiger partial charge >= 0.3 is 0 Å². The van der Waals surface area contributed by atoms with Gasteiger partial charge < -0.3 is 10.9 Å². The predicted octanol–water partition coefficient (Wildman–Crippen LogP) is 0.463. The molecular formula is C7H17N3O. The van der Waals surface area contributed by atoms with Crippen LogP contribution in [0.4, 0.5) is 0 Å². The highest BCUT2D eigenvalue weighted by atomic mass is 16.4. The van der Waals surface area contributed by atoms with E-state index in [2.05, 4.69) is 5.16 Å². The Morgan fingerprint density at radius 3 is 2.45 bits per heavy atom. The molecule has 0 fully saturated rings. The molecule has 1 unspecified atom stereocenters. The predicted molar refractivity (Wildman–Crippen MR) is 45.8 cm³/mol. The van der Waals surface area contributed by atoms with E-state index in [0.717, 1.165) is 13.0 Å². The summed E-state index contributed by atoms with van der Waals surface area (Å²) in [5.41, 5.74) is 5.46. The van der Waals surface area contributed by atoms with E-state index in [4.69, 9.17) is 10.9 Å². The maximum absolute atomic E-state index is 8.42. The molecule has 0 saturated heterocycles. The van der Waals surface area contributed by atoms with Crippen LogP contribution in [0.5, 0.6) is 0 Å². The van der Waals surface area contributed by atoms with Gasteiger partial charge in [0.1, 0.15) is 0 Å². The van der Waals surface area contributed by atoms with Crippen LogP contribution in [-0.4, -0.2) is 35.6 Å². The topological polar surface area (TPSA) is 61.9 Å². The molecule has 0 spiro atoms. The molecule has 0 aromatic heterocycles. The Kier molecular flexibility index (Phi) is 4.61. The summed E-state index contributed by atoms with van der Waals surface area (Å²) < 4.78 is 0. The van der Waals surface area contributed by atoms with Gasteiger partial charge in [-0.1, -0.05) is 19.0 Å². The Labute approximate surface area is 67.7 Å². The van der Waals surface area contributed by atoms with Crippen LogP contribution in [0.3, 0.4) is 0 Å². The second-order valence-corrected chi connectivity index (χ2v) is 2.52. The minimum atomic E-state index is 0.0602. The van der Waals surface area contributed by atoms with Gasteiger partial charge in [-0.05, 0) is 20.0 Å². The molecule has 3 N–H and O–H groups in total. The van der Waals surface area contributed by atoms with Gasteiger partial charge in [0.2, 0.25) is 0 Å². The summed E-state index contributed by atoms with van der Waals surface area (Å²) in [6.07, 6.45) is 0.861. The van der Waals surface area contributed by atoms with Crippen molar-refractivity contribution in [1.82, 2.24) is 4.90 Å². The van der Waals surface area contributed by atoms with Crippen molar-refractivity contribution in [3.8, 4) is 0 Å². The van der Waals surface area contributed by atoms with Gasteiger partial charge in [0.25, 0.3) is 0 Å². The smallest absolute Gasteiger partial charge is 0.156 e. The van der Waals surface area contributed by atoms with Crippen molar-refractivity contribution in [2.24, 2.45) is 10.9 Å². The number of hydrogen-bond acceptors (Lipinski definition) is 3. The third-order valence-electron chi connectivity index (χ3n) is 1.87. The molecule has 1 atom stereocenters. The number of oxime groups is 1. The van der Waals surface area contributed by atoms with Gasteiger partial charge in [-0.3, -0.25) is 4.90 Å². The molecule has 66 valence electrons. The molecule has 0 amide bonds. The quantitative estimate of drug-likeness (QED) is 0.271. The van der Waals surface area contributed by atoms with E-state index in [0.29, 0.717) is 0 Å². The van der Waals surface area contributed by atoms with Gasteiger partial charge in [-0.15, -0.1) is 0 Å². The monoisotopic (exact) mass is 159 g/mol. The molecule has 0 aromatic rings. The summed E-state index contributed by atoms with van der Waals surface area (Å²) in [6.45, 7) is 4.94. The molecule has 4 heteroatoms. The SMILES string of the molecule is CCC(C(N)=NO)N(C)CC. The summed E-state index contributed by atoms with van der Waals surface area (Å²) >= 11 is 0. The number of nitrogens with two attached hydrogens (primary N) is 1. The van der Waals surface area contributed by atoms with Gasteiger partial charge in [-0.25, -0.2) is 0 Å². The highest BCUT2D eigenvalue weighted by molar-refractivity contribution is 5.85. The average molecular weight is 159 g/mol. The second-order valence-electron chi connectivity index (χ2n) is 2.52. The second kappa shape index (κ2) is 4.96. The fraction of sp³-hybridized carbons (Fsp3) is 0.857. The zero-order valence-electron chi connectivity index (χ0n) is 7.41. The summed E-state index contributed by atoms with van der Waals surface area (Å²) in [6, 6.07) is 0.0602. The maximum Gasteiger partial charge on any atom is 0.156 e. The van der Waals surface area contributed by atoms with Gasteiger partial charge in [0.05, 0.1) is 6.04 Å². The molecule has 0 rings (SSSR count). The van der Waals surface area contributed by atoms with Crippen molar-refractivity contribution in [2.75, 3.05) is 13.6 Å². The van der Waals surface area contributed by atoms with Crippen molar-refractivity contribution < 1.29 is 5.21 Å². The Balaban J connectivity index is 4.15. The van der Waals surface area contributed by atoms with Crippen LogP contribution in [-0.2, 0) is 0 Å². The van der Waals surface area contributed by atoms with Crippen molar-refractivity contribution in [3.05, 3.63) is 0 Å². The minimum Gasteiger partial charge on any atom is -0.409 e. The van der Waals surface area contributed by atoms with E-state index in [1.54, 1.807) is 0 Å². The first-order valence-corrected chi connectivity index (χ1v) is 3.85. The fourth-order valence-electron chi connectivity index (χ4n) is 1.03. The summed E-state index contributed by atoms with van der Waals surface area (Å²) in [7, 11) is 1.95. The van der Waals surface area contributed by atoms with E-state index in [-0.39, 0.29) is 11.9 Å². The van der Waals surface area contributed by atoms with E-state index in [1.165, 1.54) is 0 Å². The lowest BCUT2D eigenvalue weighted by Gasteiger charge is -2.23. The van der Waals surface area contributed by atoms with Crippen molar-refractivity contribution in [2.45, 2.75) is 26.3 Å². The molecule has 0 saturated carbocycles. The van der Waals surface area contributed by atoms with Crippen LogP contribution in [0.25, 0.3) is 0 Å². The van der Waals surface area contributed by atoms with Gasteiger partial charge in [-0.2, -0.15) is 0 Å². The number of likely N-dealkylation sites (N-methyl/N-ethyl adjacent to an activating group) is 1. The number of rotatable bonds is 4. The van der Waals surface area contributed by atoms with E-state index >= 15 is 0 Å². The molecule has 0 aliphatic heterocycles. The molecule has 0 aliphatic rings. The number of nitrogens with zero attached hydrogens (tertiary/aromatic N) is 2. The molecule has 0 radical (unpaired) electrons. The van der Waals surface area contributed by atoms with Gasteiger partial charge in [0.15, 0.2) is 5.84 Å². The standard InChI is InChI=1S/C7H17N3O/c1-4-6(7(8)9-11)10(3)5-2/h6,11H,4-5H2,1-3H3,(H2,8,9). The fourth-order valence-corrected chi connectivity index (χ4v) is 1.03. The first-order chi connectivity index (χ1) is 5.17. The van der Waals surface area contributed by atoms with E-state index < -0.39 is 0 Å². The highest BCUT2D eigenvalue weighted by Gasteiger charge is 2.14. The average Bonchev–Trinajstić information content (AvgIpc) is 2.05. The number of hydrogen-bond donors (Lipinski definition) is 2. The van der Waals surface area contributed by atoms with Crippen molar-refractivity contribution >= 4 is 5.84 Å². The largest absolute Gasteiger partial charge is 0.409 e. The Morgan fingerprint density at radius 1 is 1.64 bits per heavy atom. The maximum atomic E-state index is 8.42. The van der Waals surface area contributed by atoms with Crippen LogP contribution in [0.15, 0.2) is 5.16 Å². The molecule has 0 aliphatic carbocycles. The van der Waals surface area contributed by atoms with Crippen molar-refractivity contribution in [3.63, 3.8) is 0 Å². The zero-order chi connectivity index (χ0) is 8.85. The zero-order valence-corrected chi connectivity index (χ0v) is 7.41. The Hall–Kier alpha value is -0.770. The molecule has 0 heterocycles. The summed E-state index contributed by atoms with van der Waals surface area (Å²) in [4.78, 5) is 2.04. The normalized spacial score (nSPS) is 15.5. The molecule has 4 nitrogen and oxygen atoms in total. The summed E-state index contributed by atoms with van der Waals surface area (Å²) in [5, 5.41) is 11.4. The first kappa shape index (κ1) is 10.2. The van der Waals surface area contributed by atoms with E-state index in [9.17, 15) is 0 Å². The Morgan fingerprint density at radius 2 is 2.18 bits per heavy atom. The molecular weight excluding hydrogens is 142 g/mol. The highest BCUT2D eigenvalue weighted by Crippen LogP contribution is 2.00. The third-order valence-corrected chi connectivity index (χ3v) is 1.87. The molecule has 11 heavy (non-hydrogen) atoms. The van der Waals surface area contributed by atoms with Crippen molar-refractivity contribution in [1.29, 1.82) is 0 Å². The van der Waals surface area contributed by atoms with Crippen LogP contribution >= 0.6 is 0 Å². The number of amidine groups is 1. The minimum absolute atomic E-state index is 0.0602. The third kappa shape index (κ3) is 2.76.